The van der Waals surface area contributed by atoms with E-state index in [2.05, 4.69) is 26.6 Å². The van der Waals surface area contributed by atoms with Gasteiger partial charge in [-0.1, -0.05) is 17.7 Å². The van der Waals surface area contributed by atoms with Crippen LogP contribution in [-0.2, 0) is 0 Å². The van der Waals surface area contributed by atoms with Crippen LogP contribution in [0, 0.1) is 0 Å². The number of halogens is 2. The van der Waals surface area contributed by atoms with Gasteiger partial charge in [0.25, 0.3) is 0 Å². The lowest BCUT2D eigenvalue weighted by atomic mass is 10.2. The summed E-state index contributed by atoms with van der Waals surface area (Å²) in [5.41, 5.74) is 0.969. The predicted molar refractivity (Wildman–Crippen MR) is 85.2 cm³/mol. The second kappa shape index (κ2) is 6.60. The molecule has 0 saturated heterocycles. The van der Waals surface area contributed by atoms with Crippen molar-refractivity contribution in [1.82, 2.24) is 0 Å². The van der Waals surface area contributed by atoms with Crippen molar-refractivity contribution in [1.29, 1.82) is 0 Å². The average Bonchev–Trinajstić information content (AvgIpc) is 2.41. The zero-order valence-corrected chi connectivity index (χ0v) is 12.9. The van der Waals surface area contributed by atoms with Crippen LogP contribution >= 0.6 is 27.5 Å². The predicted octanol–water partition coefficient (Wildman–Crippen LogP) is 4.44. The topological polar surface area (TPSA) is 78.4 Å². The van der Waals surface area contributed by atoms with E-state index < -0.39 is 12.0 Å². The van der Waals surface area contributed by atoms with Crippen molar-refractivity contribution >= 4 is 50.9 Å². The monoisotopic (exact) mass is 368 g/mol. The van der Waals surface area contributed by atoms with Crippen molar-refractivity contribution < 1.29 is 14.7 Å². The Morgan fingerprint density at radius 2 is 1.86 bits per heavy atom. The first-order valence-corrected chi connectivity index (χ1v) is 6.99. The number of carbonyl (C=O) groups excluding carboxylic acids is 1. The lowest BCUT2D eigenvalue weighted by molar-refractivity contribution is 0.0697. The summed E-state index contributed by atoms with van der Waals surface area (Å²) in [6.07, 6.45) is 0. The number of amides is 2. The molecule has 0 aromatic heterocycles. The lowest BCUT2D eigenvalue weighted by Crippen LogP contribution is -2.19. The summed E-state index contributed by atoms with van der Waals surface area (Å²) < 4.78 is 0.578. The molecule has 0 saturated carbocycles. The van der Waals surface area contributed by atoms with Crippen LogP contribution in [0.15, 0.2) is 46.9 Å². The van der Waals surface area contributed by atoms with Gasteiger partial charge in [0, 0.05) is 15.2 Å². The Bertz CT molecular complexity index is 706. The molecule has 0 aliphatic carbocycles. The van der Waals surface area contributed by atoms with E-state index in [1.807, 2.05) is 0 Å². The highest BCUT2D eigenvalue weighted by atomic mass is 79.9. The fraction of sp³-hybridized carbons (Fsp3) is 0. The molecular formula is C14H10BrClN2O3. The van der Waals surface area contributed by atoms with Gasteiger partial charge >= 0.3 is 12.0 Å². The maximum atomic E-state index is 11.9. The molecule has 5 nitrogen and oxygen atoms in total. The largest absolute Gasteiger partial charge is 0.478 e. The fourth-order valence-corrected chi connectivity index (χ4v) is 2.14. The number of urea groups is 1. The highest BCUT2D eigenvalue weighted by Gasteiger charge is 2.10. The summed E-state index contributed by atoms with van der Waals surface area (Å²) in [5.74, 6) is -1.07. The van der Waals surface area contributed by atoms with E-state index in [0.29, 0.717) is 20.9 Å². The maximum absolute atomic E-state index is 11.9. The highest BCUT2D eigenvalue weighted by molar-refractivity contribution is 9.10. The van der Waals surface area contributed by atoms with Crippen LogP contribution < -0.4 is 10.6 Å². The van der Waals surface area contributed by atoms with Gasteiger partial charge in [0.2, 0.25) is 0 Å². The van der Waals surface area contributed by atoms with Gasteiger partial charge in [-0.05, 0) is 52.3 Å². The molecule has 2 amide bonds. The van der Waals surface area contributed by atoms with Crippen LogP contribution in [0.25, 0.3) is 0 Å². The number of hydrogen-bond donors (Lipinski definition) is 3. The van der Waals surface area contributed by atoms with Crippen molar-refractivity contribution in [2.75, 3.05) is 10.6 Å². The van der Waals surface area contributed by atoms with E-state index in [4.69, 9.17) is 16.7 Å². The summed E-state index contributed by atoms with van der Waals surface area (Å²) >= 11 is 9.07. The SMILES string of the molecule is O=C(Nc1cccc(Cl)c1)Nc1cc(C(=O)O)ccc1Br. The molecule has 2 aromatic rings. The molecule has 3 N–H and O–H groups in total. The molecule has 21 heavy (non-hydrogen) atoms. The van der Waals surface area contributed by atoms with Crippen LogP contribution in [0.2, 0.25) is 5.02 Å². The molecule has 0 heterocycles. The third-order valence-corrected chi connectivity index (χ3v) is 3.47. The first-order chi connectivity index (χ1) is 9.95. The highest BCUT2D eigenvalue weighted by Crippen LogP contribution is 2.24. The number of anilines is 2. The summed E-state index contributed by atoms with van der Waals surface area (Å²) in [6, 6.07) is 10.5. The van der Waals surface area contributed by atoms with Gasteiger partial charge in [-0.25, -0.2) is 9.59 Å². The second-order valence-corrected chi connectivity index (χ2v) is 5.38. The molecule has 0 spiro atoms. The zero-order chi connectivity index (χ0) is 15.4. The average molecular weight is 370 g/mol. The molecule has 0 unspecified atom stereocenters. The van der Waals surface area contributed by atoms with Crippen molar-refractivity contribution in [3.8, 4) is 0 Å². The van der Waals surface area contributed by atoms with Crippen LogP contribution in [0.4, 0.5) is 16.2 Å². The third kappa shape index (κ3) is 4.21. The first kappa shape index (κ1) is 15.3. The fourth-order valence-electron chi connectivity index (χ4n) is 1.60. The molecule has 7 heteroatoms. The molecule has 0 fully saturated rings. The van der Waals surface area contributed by atoms with Crippen molar-refractivity contribution in [2.45, 2.75) is 0 Å². The minimum atomic E-state index is -1.07. The molecule has 2 aromatic carbocycles. The van der Waals surface area contributed by atoms with Gasteiger partial charge in [0.15, 0.2) is 0 Å². The third-order valence-electron chi connectivity index (χ3n) is 2.54. The maximum Gasteiger partial charge on any atom is 0.335 e. The van der Waals surface area contributed by atoms with Gasteiger partial charge < -0.3 is 15.7 Å². The molecule has 2 rings (SSSR count). The first-order valence-electron chi connectivity index (χ1n) is 5.82. The van der Waals surface area contributed by atoms with Crippen LogP contribution in [-0.4, -0.2) is 17.1 Å². The Hall–Kier alpha value is -2.05. The Kier molecular flexibility index (Phi) is 4.82. The number of carboxylic acid groups (broad SMARTS) is 1. The van der Waals surface area contributed by atoms with E-state index in [-0.39, 0.29) is 5.56 Å². The number of carbonyl (C=O) groups is 2. The van der Waals surface area contributed by atoms with E-state index in [9.17, 15) is 9.59 Å². The standard InChI is InChI=1S/C14H10BrClN2O3/c15-11-5-4-8(13(19)20)6-12(11)18-14(21)17-10-3-1-2-9(16)7-10/h1-7H,(H,19,20)(H2,17,18,21). The summed E-state index contributed by atoms with van der Waals surface area (Å²) in [6.45, 7) is 0. The number of hydrogen-bond acceptors (Lipinski definition) is 2. The van der Waals surface area contributed by atoms with Gasteiger partial charge in [-0.15, -0.1) is 0 Å². The van der Waals surface area contributed by atoms with Gasteiger partial charge in [-0.3, -0.25) is 0 Å². The number of carboxylic acids is 1. The lowest BCUT2D eigenvalue weighted by Gasteiger charge is -2.10. The number of rotatable bonds is 3. The number of aromatic carboxylic acids is 1. The van der Waals surface area contributed by atoms with Crippen molar-refractivity contribution in [3.63, 3.8) is 0 Å². The molecule has 0 aliphatic rings. The van der Waals surface area contributed by atoms with Crippen LogP contribution in [0.5, 0.6) is 0 Å². The second-order valence-electron chi connectivity index (χ2n) is 4.09. The summed E-state index contributed by atoms with van der Waals surface area (Å²) in [5, 5.41) is 14.6. The van der Waals surface area contributed by atoms with Gasteiger partial charge in [-0.2, -0.15) is 0 Å². The van der Waals surface area contributed by atoms with Crippen LogP contribution in [0.3, 0.4) is 0 Å². The Balaban J connectivity index is 2.12. The summed E-state index contributed by atoms with van der Waals surface area (Å²) in [4.78, 5) is 22.8. The molecule has 0 atom stereocenters. The molecule has 0 bridgehead atoms. The zero-order valence-electron chi connectivity index (χ0n) is 10.6. The van der Waals surface area contributed by atoms with E-state index >= 15 is 0 Å². The minimum absolute atomic E-state index is 0.0799. The minimum Gasteiger partial charge on any atom is -0.478 e. The number of benzene rings is 2. The summed E-state index contributed by atoms with van der Waals surface area (Å²) in [7, 11) is 0. The quantitative estimate of drug-likeness (QED) is 0.748. The van der Waals surface area contributed by atoms with E-state index in [1.54, 1.807) is 30.3 Å². The number of nitrogens with one attached hydrogen (secondary N) is 2. The molecule has 0 radical (unpaired) electrons. The smallest absolute Gasteiger partial charge is 0.335 e. The van der Waals surface area contributed by atoms with Gasteiger partial charge in [0.05, 0.1) is 11.3 Å². The van der Waals surface area contributed by atoms with E-state index in [0.717, 1.165) is 0 Å². The van der Waals surface area contributed by atoms with Crippen molar-refractivity contribution in [2.24, 2.45) is 0 Å². The molecule has 108 valence electrons. The Morgan fingerprint density at radius 3 is 2.52 bits per heavy atom. The van der Waals surface area contributed by atoms with Crippen molar-refractivity contribution in [3.05, 3.63) is 57.5 Å². The van der Waals surface area contributed by atoms with E-state index in [1.165, 1.54) is 12.1 Å². The molecule has 0 aliphatic heterocycles. The normalized spacial score (nSPS) is 10.0. The Morgan fingerprint density at radius 1 is 1.10 bits per heavy atom. The Labute approximate surface area is 134 Å². The van der Waals surface area contributed by atoms with Crippen LogP contribution in [0.1, 0.15) is 10.4 Å². The molecular weight excluding hydrogens is 360 g/mol. The van der Waals surface area contributed by atoms with Gasteiger partial charge in [0.1, 0.15) is 0 Å².